The first-order valence-electron chi connectivity index (χ1n) is 11.3. The van der Waals surface area contributed by atoms with Gasteiger partial charge in [-0.2, -0.15) is 9.97 Å². The number of fused-ring (bicyclic) bond motifs is 3. The van der Waals surface area contributed by atoms with Gasteiger partial charge in [0, 0.05) is 32.7 Å². The van der Waals surface area contributed by atoms with Crippen LogP contribution in [-0.4, -0.2) is 78.9 Å². The predicted octanol–water partition coefficient (Wildman–Crippen LogP) is 4.77. The van der Waals surface area contributed by atoms with Crippen LogP contribution in [0, 0.1) is 5.82 Å². The second-order valence-corrected chi connectivity index (χ2v) is 10.8. The van der Waals surface area contributed by atoms with E-state index < -0.39 is 17.7 Å². The van der Waals surface area contributed by atoms with Crippen molar-refractivity contribution in [2.75, 3.05) is 38.8 Å². The molecule has 0 spiro atoms. The normalized spacial score (nSPS) is 20.1. The summed E-state index contributed by atoms with van der Waals surface area (Å²) < 4.78 is 37.0. The van der Waals surface area contributed by atoms with Gasteiger partial charge >= 0.3 is 12.1 Å². The maximum Gasteiger partial charge on any atom is 0.410 e. The van der Waals surface area contributed by atoms with Crippen LogP contribution < -0.4 is 9.64 Å². The van der Waals surface area contributed by atoms with Crippen LogP contribution in [0.1, 0.15) is 33.6 Å². The summed E-state index contributed by atoms with van der Waals surface area (Å²) in [7, 11) is 2.98. The van der Waals surface area contributed by atoms with E-state index in [0.717, 1.165) is 12.8 Å². The summed E-state index contributed by atoms with van der Waals surface area (Å²) in [6.45, 7) is 6.60. The molecule has 0 aliphatic carbocycles. The summed E-state index contributed by atoms with van der Waals surface area (Å²) in [6, 6.07) is 1.51. The highest BCUT2D eigenvalue weighted by atomic mass is 79.9. The van der Waals surface area contributed by atoms with E-state index in [1.807, 2.05) is 30.6 Å². The van der Waals surface area contributed by atoms with Gasteiger partial charge < -0.3 is 23.8 Å². The number of anilines is 1. The number of amides is 1. The zero-order chi connectivity index (χ0) is 25.5. The van der Waals surface area contributed by atoms with E-state index in [9.17, 15) is 4.79 Å². The number of rotatable bonds is 6. The zero-order valence-electron chi connectivity index (χ0n) is 20.3. The average molecular weight is 576 g/mol. The van der Waals surface area contributed by atoms with Crippen LogP contribution in [0.2, 0.25) is 5.02 Å². The van der Waals surface area contributed by atoms with Gasteiger partial charge in [-0.05, 0) is 55.6 Å². The Kier molecular flexibility index (Phi) is 7.61. The fourth-order valence-electron chi connectivity index (χ4n) is 4.51. The number of carbonyl (C=O) groups excluding carboxylic acids is 1. The molecule has 9 nitrogen and oxygen atoms in total. The highest BCUT2D eigenvalue weighted by molar-refractivity contribution is 9.10. The largest absolute Gasteiger partial charge is 0.458 e. The number of hydrogen-bond donors (Lipinski definition) is 0. The zero-order valence-corrected chi connectivity index (χ0v) is 22.7. The van der Waals surface area contributed by atoms with E-state index in [2.05, 4.69) is 25.9 Å². The molecule has 4 rings (SSSR count). The van der Waals surface area contributed by atoms with Gasteiger partial charge in [-0.3, -0.25) is 4.90 Å². The number of nitrogens with zero attached hydrogens (tertiary/aromatic N) is 4. The summed E-state index contributed by atoms with van der Waals surface area (Å²) in [5.74, 6) is -0.114. The molecule has 2 aromatic rings. The van der Waals surface area contributed by atoms with E-state index in [1.54, 1.807) is 6.07 Å². The highest BCUT2D eigenvalue weighted by Crippen LogP contribution is 2.39. The fourth-order valence-corrected chi connectivity index (χ4v) is 5.00. The van der Waals surface area contributed by atoms with Crippen molar-refractivity contribution >= 4 is 50.3 Å². The van der Waals surface area contributed by atoms with Crippen molar-refractivity contribution in [1.29, 1.82) is 0 Å². The van der Waals surface area contributed by atoms with Crippen molar-refractivity contribution in [2.45, 2.75) is 57.6 Å². The molecule has 3 heterocycles. The van der Waals surface area contributed by atoms with Gasteiger partial charge in [-0.15, -0.1) is 0 Å². The number of methoxy groups -OCH3 is 2. The van der Waals surface area contributed by atoms with Gasteiger partial charge in [-0.1, -0.05) is 11.6 Å². The number of hydrogen-bond acceptors (Lipinski definition) is 8. The molecule has 0 N–H and O–H groups in total. The van der Waals surface area contributed by atoms with Crippen LogP contribution >= 0.6 is 27.5 Å². The van der Waals surface area contributed by atoms with Gasteiger partial charge in [-0.25, -0.2) is 9.18 Å². The Labute approximate surface area is 216 Å². The first-order chi connectivity index (χ1) is 16.5. The molecule has 1 aromatic heterocycles. The summed E-state index contributed by atoms with van der Waals surface area (Å²) in [5, 5.41) is 0.672. The molecule has 0 saturated carbocycles. The van der Waals surface area contributed by atoms with E-state index in [1.165, 1.54) is 14.2 Å². The van der Waals surface area contributed by atoms with Gasteiger partial charge in [0.05, 0.1) is 21.6 Å². The van der Waals surface area contributed by atoms with Crippen LogP contribution in [0.5, 0.6) is 6.01 Å². The van der Waals surface area contributed by atoms with E-state index >= 15 is 4.39 Å². The van der Waals surface area contributed by atoms with Gasteiger partial charge in [0.15, 0.2) is 12.1 Å². The van der Waals surface area contributed by atoms with Crippen molar-refractivity contribution in [3.63, 3.8) is 0 Å². The number of aromatic nitrogens is 2. The minimum absolute atomic E-state index is 0.0124. The van der Waals surface area contributed by atoms with Crippen LogP contribution in [0.25, 0.3) is 10.9 Å². The standard InChI is InChI=1S/C23H29BrClFN4O5/c1-23(2,3)35-22(31)30-12-6-7-13(30)10-29(9-12)20-14-8-15(25)17(24)18(26)19(14)27-21(28-20)34-11-16(32-4)33-5/h8,12-13,16H,6-7,9-11H2,1-5H3. The van der Waals surface area contributed by atoms with Crippen molar-refractivity contribution in [1.82, 2.24) is 14.9 Å². The number of carbonyl (C=O) groups is 1. The van der Waals surface area contributed by atoms with Crippen LogP contribution in [-0.2, 0) is 14.2 Å². The number of halogens is 3. The number of ether oxygens (including phenoxy) is 4. The molecule has 12 heteroatoms. The SMILES string of the molecule is COC(COc1nc(N2CC3CCC(C2)N3C(=O)OC(C)(C)C)c2cc(Cl)c(Br)c(F)c2n1)OC. The summed E-state index contributed by atoms with van der Waals surface area (Å²) in [4.78, 5) is 25.6. The Hall–Kier alpha value is -1.95. The lowest BCUT2D eigenvalue weighted by Gasteiger charge is -2.42. The Morgan fingerprint density at radius 2 is 1.86 bits per heavy atom. The Morgan fingerprint density at radius 1 is 1.23 bits per heavy atom. The lowest BCUT2D eigenvalue weighted by Crippen LogP contribution is -2.57. The molecule has 35 heavy (non-hydrogen) atoms. The minimum Gasteiger partial charge on any atom is -0.458 e. The molecule has 1 aromatic carbocycles. The number of piperazine rings is 1. The van der Waals surface area contributed by atoms with Gasteiger partial charge in [0.2, 0.25) is 0 Å². The van der Waals surface area contributed by atoms with Crippen LogP contribution in [0.3, 0.4) is 0 Å². The molecule has 1 amide bonds. The molecule has 0 radical (unpaired) electrons. The molecule has 2 unspecified atom stereocenters. The molecular weight excluding hydrogens is 547 g/mol. The number of benzene rings is 1. The first kappa shape index (κ1) is 26.1. The molecule has 2 bridgehead atoms. The molecule has 192 valence electrons. The van der Waals surface area contributed by atoms with E-state index in [0.29, 0.717) is 24.3 Å². The maximum absolute atomic E-state index is 15.2. The van der Waals surface area contributed by atoms with Crippen molar-refractivity contribution in [3.8, 4) is 6.01 Å². The molecular formula is C23H29BrClFN4O5. The Balaban J connectivity index is 1.68. The molecule has 2 aliphatic heterocycles. The average Bonchev–Trinajstić information content (AvgIpc) is 3.07. The molecule has 2 aliphatic rings. The molecule has 2 fully saturated rings. The first-order valence-corrected chi connectivity index (χ1v) is 12.5. The summed E-state index contributed by atoms with van der Waals surface area (Å²) in [5.41, 5.74) is -0.498. The summed E-state index contributed by atoms with van der Waals surface area (Å²) in [6.07, 6.45) is 0.741. The van der Waals surface area contributed by atoms with Crippen molar-refractivity contribution < 1.29 is 28.1 Å². The maximum atomic E-state index is 15.2. The predicted molar refractivity (Wildman–Crippen MR) is 133 cm³/mol. The second kappa shape index (κ2) is 10.2. The smallest absolute Gasteiger partial charge is 0.410 e. The minimum atomic E-state index is -0.632. The topological polar surface area (TPSA) is 86.3 Å². The van der Waals surface area contributed by atoms with Crippen molar-refractivity contribution in [2.24, 2.45) is 0 Å². The fraction of sp³-hybridized carbons (Fsp3) is 0.609. The van der Waals surface area contributed by atoms with Crippen LogP contribution in [0.15, 0.2) is 10.5 Å². The van der Waals surface area contributed by atoms with Crippen LogP contribution in [0.4, 0.5) is 15.0 Å². The third-order valence-corrected chi connectivity index (χ3v) is 7.35. The second-order valence-electron chi connectivity index (χ2n) is 9.60. The third-order valence-electron chi connectivity index (χ3n) is 6.05. The van der Waals surface area contributed by atoms with E-state index in [4.69, 9.17) is 30.5 Å². The lowest BCUT2D eigenvalue weighted by molar-refractivity contribution is -0.123. The molecule has 2 saturated heterocycles. The van der Waals surface area contributed by atoms with Gasteiger partial charge in [0.1, 0.15) is 23.5 Å². The summed E-state index contributed by atoms with van der Waals surface area (Å²) >= 11 is 9.47. The Morgan fingerprint density at radius 3 is 2.43 bits per heavy atom. The highest BCUT2D eigenvalue weighted by Gasteiger charge is 2.45. The van der Waals surface area contributed by atoms with Gasteiger partial charge in [0.25, 0.3) is 0 Å². The van der Waals surface area contributed by atoms with Crippen molar-refractivity contribution in [3.05, 3.63) is 21.4 Å². The molecule has 2 atom stereocenters. The quantitative estimate of drug-likeness (QED) is 0.360. The Bertz CT molecular complexity index is 1100. The monoisotopic (exact) mass is 574 g/mol. The third kappa shape index (κ3) is 5.42. The van der Waals surface area contributed by atoms with E-state index in [-0.39, 0.29) is 45.8 Å². The lowest BCUT2D eigenvalue weighted by atomic mass is 10.1.